The van der Waals surface area contributed by atoms with E-state index in [1.165, 1.54) is 24.3 Å². The van der Waals surface area contributed by atoms with Gasteiger partial charge in [0, 0.05) is 19.1 Å². The summed E-state index contributed by atoms with van der Waals surface area (Å²) in [6.45, 7) is 4.69. The predicted octanol–water partition coefficient (Wildman–Crippen LogP) is 2.33. The molecule has 1 fully saturated rings. The summed E-state index contributed by atoms with van der Waals surface area (Å²) in [5, 5.41) is 3.51. The molecule has 0 aromatic heterocycles. The third kappa shape index (κ3) is 1.10. The van der Waals surface area contributed by atoms with Crippen molar-refractivity contribution in [3.8, 4) is 0 Å². The van der Waals surface area contributed by atoms with Gasteiger partial charge >= 0.3 is 0 Å². The molecule has 0 radical (unpaired) electrons. The number of nitrogens with zero attached hydrogens (tertiary/aromatic N) is 1. The Balaban J connectivity index is 2.01. The van der Waals surface area contributed by atoms with Crippen molar-refractivity contribution in [1.29, 1.82) is 0 Å². The van der Waals surface area contributed by atoms with Crippen LogP contribution in [0, 0.1) is 5.92 Å². The molecule has 1 aromatic carbocycles. The van der Waals surface area contributed by atoms with E-state index in [0.29, 0.717) is 0 Å². The van der Waals surface area contributed by atoms with Crippen LogP contribution in [-0.2, 0) is 0 Å². The van der Waals surface area contributed by atoms with Gasteiger partial charge in [0.2, 0.25) is 0 Å². The SMILES string of the molecule is CC1CC2CNc3ccccc3N2C1. The number of rotatable bonds is 0. The Bertz CT molecular complexity index is 348. The molecule has 2 heterocycles. The number of anilines is 2. The van der Waals surface area contributed by atoms with Crippen molar-refractivity contribution >= 4 is 11.4 Å². The van der Waals surface area contributed by atoms with Gasteiger partial charge in [-0.3, -0.25) is 0 Å². The zero-order valence-electron chi connectivity index (χ0n) is 8.53. The largest absolute Gasteiger partial charge is 0.381 e. The van der Waals surface area contributed by atoms with Crippen molar-refractivity contribution in [3.63, 3.8) is 0 Å². The second-order valence-corrected chi connectivity index (χ2v) is 4.55. The minimum atomic E-state index is 0.722. The van der Waals surface area contributed by atoms with Crippen LogP contribution in [0.25, 0.3) is 0 Å². The molecule has 0 amide bonds. The lowest BCUT2D eigenvalue weighted by molar-refractivity contribution is 0.610. The van der Waals surface area contributed by atoms with Crippen LogP contribution in [0.2, 0.25) is 0 Å². The monoisotopic (exact) mass is 188 g/mol. The van der Waals surface area contributed by atoms with Gasteiger partial charge in [-0.25, -0.2) is 0 Å². The molecule has 0 spiro atoms. The van der Waals surface area contributed by atoms with E-state index in [1.807, 2.05) is 0 Å². The van der Waals surface area contributed by atoms with Crippen LogP contribution in [0.4, 0.5) is 11.4 Å². The molecule has 2 aliphatic rings. The van der Waals surface area contributed by atoms with E-state index in [4.69, 9.17) is 0 Å². The van der Waals surface area contributed by atoms with Crippen LogP contribution in [0.3, 0.4) is 0 Å². The van der Waals surface area contributed by atoms with Crippen molar-refractivity contribution in [3.05, 3.63) is 24.3 Å². The van der Waals surface area contributed by atoms with Crippen molar-refractivity contribution in [2.24, 2.45) is 5.92 Å². The van der Waals surface area contributed by atoms with E-state index in [9.17, 15) is 0 Å². The molecule has 1 saturated heterocycles. The molecular formula is C12H16N2. The number of benzene rings is 1. The number of hydrogen-bond donors (Lipinski definition) is 1. The molecule has 2 aliphatic heterocycles. The lowest BCUT2D eigenvalue weighted by Gasteiger charge is -2.34. The molecule has 74 valence electrons. The number of hydrogen-bond acceptors (Lipinski definition) is 2. The smallest absolute Gasteiger partial charge is 0.0605 e. The molecule has 1 N–H and O–H groups in total. The molecule has 0 aliphatic carbocycles. The summed E-state index contributed by atoms with van der Waals surface area (Å²) in [5.74, 6) is 0.841. The van der Waals surface area contributed by atoms with Crippen molar-refractivity contribution in [1.82, 2.24) is 0 Å². The molecule has 2 nitrogen and oxygen atoms in total. The molecule has 2 unspecified atom stereocenters. The van der Waals surface area contributed by atoms with Gasteiger partial charge < -0.3 is 10.2 Å². The number of nitrogens with one attached hydrogen (secondary N) is 1. The van der Waals surface area contributed by atoms with E-state index < -0.39 is 0 Å². The molecule has 0 saturated carbocycles. The van der Waals surface area contributed by atoms with Crippen LogP contribution in [0.1, 0.15) is 13.3 Å². The standard InChI is InChI=1S/C12H16N2/c1-9-6-10-7-13-11-4-2-3-5-12(11)14(10)8-9/h2-5,9-10,13H,6-8H2,1H3. The Hall–Kier alpha value is -1.18. The second-order valence-electron chi connectivity index (χ2n) is 4.55. The normalized spacial score (nSPS) is 29.4. The Kier molecular flexibility index (Phi) is 1.69. The van der Waals surface area contributed by atoms with E-state index in [2.05, 4.69) is 41.4 Å². The minimum Gasteiger partial charge on any atom is -0.381 e. The van der Waals surface area contributed by atoms with Gasteiger partial charge in [-0.05, 0) is 24.5 Å². The fourth-order valence-corrected chi connectivity index (χ4v) is 2.74. The first-order valence-electron chi connectivity index (χ1n) is 5.44. The summed E-state index contributed by atoms with van der Waals surface area (Å²) >= 11 is 0. The molecule has 0 bridgehead atoms. The Labute approximate surface area is 84.9 Å². The van der Waals surface area contributed by atoms with Crippen LogP contribution in [0.15, 0.2) is 24.3 Å². The summed E-state index contributed by atoms with van der Waals surface area (Å²) in [6.07, 6.45) is 1.33. The molecule has 2 atom stereocenters. The fraction of sp³-hybridized carbons (Fsp3) is 0.500. The fourth-order valence-electron chi connectivity index (χ4n) is 2.74. The first-order valence-corrected chi connectivity index (χ1v) is 5.44. The van der Waals surface area contributed by atoms with E-state index in [1.54, 1.807) is 0 Å². The Morgan fingerprint density at radius 1 is 1.36 bits per heavy atom. The minimum absolute atomic E-state index is 0.722. The lowest BCUT2D eigenvalue weighted by atomic mass is 10.1. The Morgan fingerprint density at radius 3 is 3.14 bits per heavy atom. The maximum atomic E-state index is 3.51. The zero-order valence-corrected chi connectivity index (χ0v) is 8.53. The quantitative estimate of drug-likeness (QED) is 0.672. The first-order chi connectivity index (χ1) is 6.84. The summed E-state index contributed by atoms with van der Waals surface area (Å²) in [5.41, 5.74) is 2.70. The van der Waals surface area contributed by atoms with Crippen LogP contribution in [0.5, 0.6) is 0 Å². The van der Waals surface area contributed by atoms with Crippen molar-refractivity contribution in [2.45, 2.75) is 19.4 Å². The highest BCUT2D eigenvalue weighted by Gasteiger charge is 2.33. The van der Waals surface area contributed by atoms with Crippen LogP contribution in [-0.4, -0.2) is 19.1 Å². The summed E-state index contributed by atoms with van der Waals surface area (Å²) in [7, 11) is 0. The van der Waals surface area contributed by atoms with E-state index >= 15 is 0 Å². The van der Waals surface area contributed by atoms with Crippen LogP contribution >= 0.6 is 0 Å². The van der Waals surface area contributed by atoms with Gasteiger partial charge in [0.15, 0.2) is 0 Å². The lowest BCUT2D eigenvalue weighted by Crippen LogP contribution is -2.39. The molecule has 3 rings (SSSR count). The third-order valence-electron chi connectivity index (χ3n) is 3.37. The van der Waals surface area contributed by atoms with E-state index in [-0.39, 0.29) is 0 Å². The van der Waals surface area contributed by atoms with Gasteiger partial charge in [-0.15, -0.1) is 0 Å². The maximum absolute atomic E-state index is 3.51. The van der Waals surface area contributed by atoms with Gasteiger partial charge in [-0.2, -0.15) is 0 Å². The highest BCUT2D eigenvalue weighted by Crippen LogP contribution is 2.37. The molecule has 2 heteroatoms. The summed E-state index contributed by atoms with van der Waals surface area (Å²) in [4.78, 5) is 2.57. The number of fused-ring (bicyclic) bond motifs is 3. The zero-order chi connectivity index (χ0) is 9.54. The van der Waals surface area contributed by atoms with E-state index in [0.717, 1.165) is 18.5 Å². The van der Waals surface area contributed by atoms with Gasteiger partial charge in [0.25, 0.3) is 0 Å². The first kappa shape index (κ1) is 8.16. The van der Waals surface area contributed by atoms with Crippen LogP contribution < -0.4 is 10.2 Å². The van der Waals surface area contributed by atoms with Gasteiger partial charge in [-0.1, -0.05) is 19.1 Å². The highest BCUT2D eigenvalue weighted by atomic mass is 15.2. The third-order valence-corrected chi connectivity index (χ3v) is 3.37. The van der Waals surface area contributed by atoms with Crippen molar-refractivity contribution < 1.29 is 0 Å². The predicted molar refractivity (Wildman–Crippen MR) is 59.8 cm³/mol. The number of para-hydroxylation sites is 2. The average Bonchev–Trinajstić information content (AvgIpc) is 2.59. The summed E-state index contributed by atoms with van der Waals surface area (Å²) < 4.78 is 0. The van der Waals surface area contributed by atoms with Gasteiger partial charge in [0.05, 0.1) is 11.4 Å². The molecular weight excluding hydrogens is 172 g/mol. The van der Waals surface area contributed by atoms with Crippen molar-refractivity contribution in [2.75, 3.05) is 23.3 Å². The molecule has 14 heavy (non-hydrogen) atoms. The topological polar surface area (TPSA) is 15.3 Å². The Morgan fingerprint density at radius 2 is 2.21 bits per heavy atom. The maximum Gasteiger partial charge on any atom is 0.0605 e. The second kappa shape index (κ2) is 2.91. The summed E-state index contributed by atoms with van der Waals surface area (Å²) in [6, 6.07) is 9.36. The average molecular weight is 188 g/mol. The highest BCUT2D eigenvalue weighted by molar-refractivity contribution is 5.73. The van der Waals surface area contributed by atoms with Gasteiger partial charge in [0.1, 0.15) is 0 Å². The molecule has 1 aromatic rings.